The summed E-state index contributed by atoms with van der Waals surface area (Å²) in [6.07, 6.45) is 4.56. The fourth-order valence-corrected chi connectivity index (χ4v) is 2.42. The van der Waals surface area contributed by atoms with E-state index in [4.69, 9.17) is 4.74 Å². The second-order valence-corrected chi connectivity index (χ2v) is 5.31. The summed E-state index contributed by atoms with van der Waals surface area (Å²) < 4.78 is 5.69. The van der Waals surface area contributed by atoms with E-state index in [1.54, 1.807) is 0 Å². The van der Waals surface area contributed by atoms with Gasteiger partial charge < -0.3 is 4.74 Å². The Balaban J connectivity index is 2.01. The van der Waals surface area contributed by atoms with Gasteiger partial charge >= 0.3 is 0 Å². The third-order valence-corrected chi connectivity index (χ3v) is 3.85. The van der Waals surface area contributed by atoms with Gasteiger partial charge in [-0.2, -0.15) is 0 Å². The van der Waals surface area contributed by atoms with E-state index in [-0.39, 0.29) is 5.78 Å². The molecule has 1 aliphatic rings. The second-order valence-electron chi connectivity index (χ2n) is 5.31. The first kappa shape index (κ1) is 13.3. The molecule has 98 valence electrons. The average molecular weight is 246 g/mol. The molecule has 1 aromatic rings. The number of hydrogen-bond donors (Lipinski definition) is 0. The van der Waals surface area contributed by atoms with Crippen molar-refractivity contribution in [2.24, 2.45) is 0 Å². The molecule has 1 unspecified atom stereocenters. The molecule has 18 heavy (non-hydrogen) atoms. The molecule has 1 aliphatic heterocycles. The largest absolute Gasteiger partial charge is 0.367 e. The number of benzene rings is 1. The summed E-state index contributed by atoms with van der Waals surface area (Å²) in [7, 11) is 0. The van der Waals surface area contributed by atoms with Crippen molar-refractivity contribution in [3.8, 4) is 0 Å². The zero-order valence-electron chi connectivity index (χ0n) is 11.4. The first-order valence-corrected chi connectivity index (χ1v) is 6.89. The van der Waals surface area contributed by atoms with Gasteiger partial charge in [-0.05, 0) is 43.7 Å². The monoisotopic (exact) mass is 246 g/mol. The molecule has 2 heteroatoms. The molecule has 0 N–H and O–H groups in total. The maximum absolute atomic E-state index is 12.3. The Morgan fingerprint density at radius 2 is 1.89 bits per heavy atom. The quantitative estimate of drug-likeness (QED) is 0.814. The van der Waals surface area contributed by atoms with Crippen molar-refractivity contribution in [2.75, 3.05) is 6.61 Å². The lowest BCUT2D eigenvalue weighted by molar-refractivity contribution is -0.147. The van der Waals surface area contributed by atoms with Gasteiger partial charge in [-0.1, -0.05) is 31.2 Å². The van der Waals surface area contributed by atoms with E-state index in [1.807, 2.05) is 6.92 Å². The van der Waals surface area contributed by atoms with E-state index < -0.39 is 5.60 Å². The van der Waals surface area contributed by atoms with Crippen molar-refractivity contribution in [1.82, 2.24) is 0 Å². The molecule has 1 saturated heterocycles. The molecular formula is C16H22O2. The van der Waals surface area contributed by atoms with Crippen LogP contribution in [0, 0.1) is 0 Å². The molecule has 0 radical (unpaired) electrons. The standard InChI is InChI=1S/C16H22O2/c1-3-13-6-8-14(9-7-13)12-15(17)16(2)10-4-5-11-18-16/h6-9H,3-5,10-12H2,1-2H3. The summed E-state index contributed by atoms with van der Waals surface area (Å²) in [6, 6.07) is 8.32. The fourth-order valence-electron chi connectivity index (χ4n) is 2.42. The Morgan fingerprint density at radius 1 is 1.22 bits per heavy atom. The van der Waals surface area contributed by atoms with E-state index in [2.05, 4.69) is 31.2 Å². The molecule has 2 nitrogen and oxygen atoms in total. The summed E-state index contributed by atoms with van der Waals surface area (Å²) in [5, 5.41) is 0. The van der Waals surface area contributed by atoms with Crippen LogP contribution in [0.2, 0.25) is 0 Å². The molecule has 1 atom stereocenters. The highest BCUT2D eigenvalue weighted by atomic mass is 16.5. The first-order valence-electron chi connectivity index (χ1n) is 6.89. The van der Waals surface area contributed by atoms with Crippen LogP contribution in [0.5, 0.6) is 0 Å². The lowest BCUT2D eigenvalue weighted by Gasteiger charge is -2.32. The van der Waals surface area contributed by atoms with Crippen LogP contribution >= 0.6 is 0 Å². The van der Waals surface area contributed by atoms with Crippen LogP contribution in [-0.4, -0.2) is 18.0 Å². The van der Waals surface area contributed by atoms with Gasteiger partial charge in [-0.15, -0.1) is 0 Å². The Bertz CT molecular complexity index is 400. The van der Waals surface area contributed by atoms with E-state index in [0.717, 1.165) is 37.9 Å². The number of carbonyl (C=O) groups is 1. The second kappa shape index (κ2) is 5.66. The van der Waals surface area contributed by atoms with Gasteiger partial charge in [0, 0.05) is 13.0 Å². The van der Waals surface area contributed by atoms with Crippen molar-refractivity contribution >= 4 is 5.78 Å². The number of Topliss-reactive ketones (excluding diaryl/α,β-unsaturated/α-hetero) is 1. The molecule has 1 fully saturated rings. The fraction of sp³-hybridized carbons (Fsp3) is 0.562. The minimum absolute atomic E-state index is 0.214. The van der Waals surface area contributed by atoms with Crippen LogP contribution in [0.1, 0.15) is 44.2 Å². The normalized spacial score (nSPS) is 23.9. The lowest BCUT2D eigenvalue weighted by Crippen LogP contribution is -2.42. The van der Waals surface area contributed by atoms with Gasteiger partial charge in [-0.25, -0.2) is 0 Å². The number of hydrogen-bond acceptors (Lipinski definition) is 2. The molecule has 1 heterocycles. The molecule has 0 saturated carbocycles. The van der Waals surface area contributed by atoms with Gasteiger partial charge in [0.1, 0.15) is 5.60 Å². The molecule has 0 aromatic heterocycles. The minimum atomic E-state index is -0.554. The third kappa shape index (κ3) is 2.99. The Kier molecular flexibility index (Phi) is 4.18. The van der Waals surface area contributed by atoms with Gasteiger partial charge in [0.05, 0.1) is 0 Å². The maximum atomic E-state index is 12.3. The molecule has 0 amide bonds. The van der Waals surface area contributed by atoms with Gasteiger partial charge in [-0.3, -0.25) is 4.79 Å². The number of ether oxygens (including phenoxy) is 1. The van der Waals surface area contributed by atoms with E-state index in [0.29, 0.717) is 6.42 Å². The van der Waals surface area contributed by atoms with Crippen molar-refractivity contribution in [2.45, 2.75) is 51.6 Å². The predicted octanol–water partition coefficient (Wildman–Crippen LogP) is 3.32. The summed E-state index contributed by atoms with van der Waals surface area (Å²) in [5.41, 5.74) is 1.85. The van der Waals surface area contributed by atoms with Crippen molar-refractivity contribution < 1.29 is 9.53 Å². The van der Waals surface area contributed by atoms with Gasteiger partial charge in [0.2, 0.25) is 0 Å². The van der Waals surface area contributed by atoms with Crippen LogP contribution in [0.25, 0.3) is 0 Å². The number of carbonyl (C=O) groups excluding carboxylic acids is 1. The number of rotatable bonds is 4. The Labute approximate surface area is 109 Å². The zero-order valence-corrected chi connectivity index (χ0v) is 11.4. The van der Waals surface area contributed by atoms with Gasteiger partial charge in [0.15, 0.2) is 5.78 Å². The molecular weight excluding hydrogens is 224 g/mol. The van der Waals surface area contributed by atoms with Crippen molar-refractivity contribution in [1.29, 1.82) is 0 Å². The van der Waals surface area contributed by atoms with Crippen LogP contribution in [0.3, 0.4) is 0 Å². The van der Waals surface area contributed by atoms with Crippen LogP contribution in [0.15, 0.2) is 24.3 Å². The number of ketones is 1. The topological polar surface area (TPSA) is 26.3 Å². The maximum Gasteiger partial charge on any atom is 0.168 e. The highest BCUT2D eigenvalue weighted by molar-refractivity contribution is 5.88. The zero-order chi connectivity index (χ0) is 13.0. The minimum Gasteiger partial charge on any atom is -0.367 e. The van der Waals surface area contributed by atoms with E-state index >= 15 is 0 Å². The lowest BCUT2D eigenvalue weighted by atomic mass is 9.88. The highest BCUT2D eigenvalue weighted by Crippen LogP contribution is 2.26. The Hall–Kier alpha value is -1.15. The molecule has 2 rings (SSSR count). The summed E-state index contributed by atoms with van der Waals surface area (Å²) in [5.74, 6) is 0.214. The third-order valence-electron chi connectivity index (χ3n) is 3.85. The van der Waals surface area contributed by atoms with Crippen LogP contribution < -0.4 is 0 Å². The molecule has 0 aliphatic carbocycles. The predicted molar refractivity (Wildman–Crippen MR) is 72.7 cm³/mol. The van der Waals surface area contributed by atoms with Crippen LogP contribution in [0.4, 0.5) is 0 Å². The van der Waals surface area contributed by atoms with E-state index in [1.165, 1.54) is 5.56 Å². The molecule has 1 aromatic carbocycles. The Morgan fingerprint density at radius 3 is 2.44 bits per heavy atom. The molecule has 0 bridgehead atoms. The van der Waals surface area contributed by atoms with Gasteiger partial charge in [0.25, 0.3) is 0 Å². The highest BCUT2D eigenvalue weighted by Gasteiger charge is 2.35. The average Bonchev–Trinajstić information content (AvgIpc) is 2.40. The SMILES string of the molecule is CCc1ccc(CC(=O)C2(C)CCCCO2)cc1. The smallest absolute Gasteiger partial charge is 0.168 e. The summed E-state index contributed by atoms with van der Waals surface area (Å²) in [4.78, 5) is 12.3. The first-order chi connectivity index (χ1) is 8.64. The summed E-state index contributed by atoms with van der Waals surface area (Å²) in [6.45, 7) is 4.79. The van der Waals surface area contributed by atoms with Crippen molar-refractivity contribution in [3.05, 3.63) is 35.4 Å². The van der Waals surface area contributed by atoms with E-state index in [9.17, 15) is 4.79 Å². The molecule has 0 spiro atoms. The summed E-state index contributed by atoms with van der Waals surface area (Å²) >= 11 is 0. The van der Waals surface area contributed by atoms with Crippen molar-refractivity contribution in [3.63, 3.8) is 0 Å². The number of aryl methyl sites for hydroxylation is 1. The van der Waals surface area contributed by atoms with Crippen LogP contribution in [-0.2, 0) is 22.4 Å².